The number of aromatic nitrogens is 2. The van der Waals surface area contributed by atoms with E-state index in [4.69, 9.17) is 4.74 Å². The molecule has 1 saturated heterocycles. The molecule has 2 aliphatic rings. The molecule has 0 N–H and O–H groups in total. The highest BCUT2D eigenvalue weighted by Gasteiger charge is 2.31. The van der Waals surface area contributed by atoms with Crippen molar-refractivity contribution in [3.63, 3.8) is 0 Å². The lowest BCUT2D eigenvalue weighted by molar-refractivity contribution is -0.135. The van der Waals surface area contributed by atoms with Gasteiger partial charge < -0.3 is 9.64 Å². The smallest absolute Gasteiger partial charge is 0.233 e. The van der Waals surface area contributed by atoms with E-state index in [1.165, 1.54) is 0 Å². The summed E-state index contributed by atoms with van der Waals surface area (Å²) in [4.78, 5) is 14.3. The van der Waals surface area contributed by atoms with Crippen LogP contribution < -0.4 is 4.74 Å². The predicted molar refractivity (Wildman–Crippen MR) is 74.1 cm³/mol. The molecule has 1 fully saturated rings. The van der Waals surface area contributed by atoms with Crippen molar-refractivity contribution in [3.05, 3.63) is 30.5 Å². The Morgan fingerprint density at radius 1 is 1.35 bits per heavy atom. The quantitative estimate of drug-likeness (QED) is 0.788. The summed E-state index contributed by atoms with van der Waals surface area (Å²) in [5.41, 5.74) is 0. The van der Waals surface area contributed by atoms with Gasteiger partial charge in [-0.25, -0.2) is 0 Å². The minimum absolute atomic E-state index is 0.0368. The zero-order chi connectivity index (χ0) is 13.8. The second-order valence-electron chi connectivity index (χ2n) is 5.36. The van der Waals surface area contributed by atoms with E-state index in [1.54, 1.807) is 18.3 Å². The Balaban J connectivity index is 1.54. The van der Waals surface area contributed by atoms with Crippen molar-refractivity contribution >= 4 is 5.91 Å². The number of carbonyl (C=O) groups excluding carboxylic acids is 1. The Morgan fingerprint density at radius 3 is 3.05 bits per heavy atom. The third-order valence-corrected chi connectivity index (χ3v) is 3.91. The van der Waals surface area contributed by atoms with Crippen molar-refractivity contribution in [2.24, 2.45) is 5.92 Å². The topological polar surface area (TPSA) is 55.3 Å². The molecule has 0 unspecified atom stereocenters. The number of allylic oxidation sites excluding steroid dienone is 2. The molecule has 2 heterocycles. The lowest BCUT2D eigenvalue weighted by atomic mass is 9.93. The summed E-state index contributed by atoms with van der Waals surface area (Å²) in [7, 11) is 0. The normalized spacial score (nSPS) is 25.7. The van der Waals surface area contributed by atoms with Crippen LogP contribution >= 0.6 is 0 Å². The number of nitrogens with zero attached hydrogens (tertiary/aromatic N) is 3. The summed E-state index contributed by atoms with van der Waals surface area (Å²) < 4.78 is 5.76. The van der Waals surface area contributed by atoms with Crippen LogP contribution in [0.25, 0.3) is 0 Å². The third kappa shape index (κ3) is 2.98. The molecule has 1 amide bonds. The SMILES string of the molecule is O=C([C@H]1CC=CCC1)N1CC[C@H](Oc2cccnn2)C1. The lowest BCUT2D eigenvalue weighted by Crippen LogP contribution is -2.36. The van der Waals surface area contributed by atoms with Crippen LogP contribution in [0.1, 0.15) is 25.7 Å². The number of likely N-dealkylation sites (tertiary alicyclic amines) is 1. The van der Waals surface area contributed by atoms with Gasteiger partial charge in [0.15, 0.2) is 0 Å². The molecule has 0 saturated carbocycles. The van der Waals surface area contributed by atoms with Gasteiger partial charge in [-0.2, -0.15) is 5.10 Å². The average Bonchev–Trinajstić information content (AvgIpc) is 2.97. The van der Waals surface area contributed by atoms with Gasteiger partial charge in [-0.3, -0.25) is 4.79 Å². The maximum atomic E-state index is 12.4. The Labute approximate surface area is 118 Å². The summed E-state index contributed by atoms with van der Waals surface area (Å²) in [6, 6.07) is 3.60. The third-order valence-electron chi connectivity index (χ3n) is 3.91. The van der Waals surface area contributed by atoms with Crippen LogP contribution in [0.4, 0.5) is 0 Å². The molecule has 20 heavy (non-hydrogen) atoms. The van der Waals surface area contributed by atoms with Crippen molar-refractivity contribution in [2.45, 2.75) is 31.8 Å². The van der Waals surface area contributed by atoms with Crippen LogP contribution in [0.3, 0.4) is 0 Å². The summed E-state index contributed by atoms with van der Waals surface area (Å²) >= 11 is 0. The average molecular weight is 273 g/mol. The van der Waals surface area contributed by atoms with Crippen LogP contribution in [-0.2, 0) is 4.79 Å². The first-order valence-corrected chi connectivity index (χ1v) is 7.21. The van der Waals surface area contributed by atoms with Crippen molar-refractivity contribution in [1.29, 1.82) is 0 Å². The van der Waals surface area contributed by atoms with Crippen LogP contribution in [0.2, 0.25) is 0 Å². The zero-order valence-electron chi connectivity index (χ0n) is 11.4. The molecule has 0 aromatic carbocycles. The molecule has 1 aliphatic carbocycles. The highest BCUT2D eigenvalue weighted by molar-refractivity contribution is 5.79. The second kappa shape index (κ2) is 6.03. The molecule has 3 rings (SSSR count). The predicted octanol–water partition coefficient (Wildman–Crippen LogP) is 1.81. The largest absolute Gasteiger partial charge is 0.471 e. The lowest BCUT2D eigenvalue weighted by Gasteiger charge is -2.24. The van der Waals surface area contributed by atoms with Gasteiger partial charge in [-0.05, 0) is 25.3 Å². The number of hydrogen-bond donors (Lipinski definition) is 0. The van der Waals surface area contributed by atoms with Crippen LogP contribution in [0, 0.1) is 5.92 Å². The van der Waals surface area contributed by atoms with E-state index < -0.39 is 0 Å². The van der Waals surface area contributed by atoms with Crippen molar-refractivity contribution in [2.75, 3.05) is 13.1 Å². The van der Waals surface area contributed by atoms with E-state index in [-0.39, 0.29) is 17.9 Å². The fraction of sp³-hybridized carbons (Fsp3) is 0.533. The maximum absolute atomic E-state index is 12.4. The summed E-state index contributed by atoms with van der Waals surface area (Å²) in [5, 5.41) is 7.71. The molecule has 106 valence electrons. The molecule has 5 nitrogen and oxygen atoms in total. The monoisotopic (exact) mass is 273 g/mol. The summed E-state index contributed by atoms with van der Waals surface area (Å²) in [6.07, 6.45) is 9.67. The highest BCUT2D eigenvalue weighted by Crippen LogP contribution is 2.24. The standard InChI is InChI=1S/C15H19N3O2/c19-15(12-5-2-1-3-6-12)18-10-8-13(11-18)20-14-7-4-9-16-17-14/h1-2,4,7,9,12-13H,3,5-6,8,10-11H2/t12-,13-/m0/s1. The van der Waals surface area contributed by atoms with E-state index in [9.17, 15) is 4.79 Å². The second-order valence-corrected chi connectivity index (χ2v) is 5.36. The fourth-order valence-electron chi connectivity index (χ4n) is 2.82. The first-order valence-electron chi connectivity index (χ1n) is 7.21. The van der Waals surface area contributed by atoms with Gasteiger partial charge in [-0.1, -0.05) is 12.2 Å². The molecule has 1 aliphatic heterocycles. The highest BCUT2D eigenvalue weighted by atomic mass is 16.5. The van der Waals surface area contributed by atoms with E-state index >= 15 is 0 Å². The Morgan fingerprint density at radius 2 is 2.30 bits per heavy atom. The molecule has 1 aromatic rings. The van der Waals surface area contributed by atoms with E-state index in [2.05, 4.69) is 22.3 Å². The van der Waals surface area contributed by atoms with Crippen LogP contribution in [-0.4, -0.2) is 40.2 Å². The Kier molecular flexibility index (Phi) is 3.95. The van der Waals surface area contributed by atoms with Gasteiger partial charge in [0, 0.05) is 31.1 Å². The van der Waals surface area contributed by atoms with Gasteiger partial charge in [0.1, 0.15) is 6.10 Å². The molecule has 2 atom stereocenters. The number of ether oxygens (including phenoxy) is 1. The van der Waals surface area contributed by atoms with E-state index in [0.29, 0.717) is 12.4 Å². The van der Waals surface area contributed by atoms with Gasteiger partial charge >= 0.3 is 0 Å². The zero-order valence-corrected chi connectivity index (χ0v) is 11.4. The van der Waals surface area contributed by atoms with Gasteiger partial charge in [0.05, 0.1) is 6.54 Å². The number of carbonyl (C=O) groups is 1. The maximum Gasteiger partial charge on any atom is 0.233 e. The number of rotatable bonds is 3. The van der Waals surface area contributed by atoms with Crippen molar-refractivity contribution in [1.82, 2.24) is 15.1 Å². The number of hydrogen-bond acceptors (Lipinski definition) is 4. The summed E-state index contributed by atoms with van der Waals surface area (Å²) in [6.45, 7) is 1.44. The van der Waals surface area contributed by atoms with Crippen LogP contribution in [0.5, 0.6) is 5.88 Å². The molecular weight excluding hydrogens is 254 g/mol. The minimum Gasteiger partial charge on any atom is -0.471 e. The van der Waals surface area contributed by atoms with Crippen LogP contribution in [0.15, 0.2) is 30.5 Å². The molecule has 0 bridgehead atoms. The first-order chi connectivity index (χ1) is 9.83. The van der Waals surface area contributed by atoms with Gasteiger partial charge in [0.2, 0.25) is 11.8 Å². The molecule has 0 spiro atoms. The van der Waals surface area contributed by atoms with Crippen molar-refractivity contribution in [3.8, 4) is 5.88 Å². The molecule has 0 radical (unpaired) electrons. The minimum atomic E-state index is 0.0368. The Hall–Kier alpha value is -1.91. The Bertz CT molecular complexity index is 489. The van der Waals surface area contributed by atoms with E-state index in [0.717, 1.165) is 32.2 Å². The molecular formula is C15H19N3O2. The molecule has 5 heteroatoms. The fourth-order valence-corrected chi connectivity index (χ4v) is 2.82. The number of amides is 1. The summed E-state index contributed by atoms with van der Waals surface area (Å²) in [5.74, 6) is 0.974. The van der Waals surface area contributed by atoms with Gasteiger partial charge in [0.25, 0.3) is 0 Å². The molecule has 1 aromatic heterocycles. The van der Waals surface area contributed by atoms with E-state index in [1.807, 2.05) is 4.90 Å². The van der Waals surface area contributed by atoms with Gasteiger partial charge in [-0.15, -0.1) is 5.10 Å². The first kappa shape index (κ1) is 13.1. The van der Waals surface area contributed by atoms with Crippen molar-refractivity contribution < 1.29 is 9.53 Å².